The standard InChI is InChI=1S/C13H22N4O/c14-12-3-2-11(10-13(12)15)17-5-1-4-16(6-7-17)8-9-18/h2-3,10,18H,1,4-9,14-15H2. The Morgan fingerprint density at radius 2 is 1.89 bits per heavy atom. The highest BCUT2D eigenvalue weighted by Gasteiger charge is 2.15. The molecule has 1 fully saturated rings. The molecule has 1 aliphatic heterocycles. The molecule has 5 nitrogen and oxygen atoms in total. The normalized spacial score (nSPS) is 17.7. The van der Waals surface area contributed by atoms with Gasteiger partial charge in [-0.25, -0.2) is 0 Å². The summed E-state index contributed by atoms with van der Waals surface area (Å²) in [6.45, 7) is 4.99. The van der Waals surface area contributed by atoms with E-state index in [1.54, 1.807) is 0 Å². The molecule has 1 aliphatic rings. The number of nitrogens with two attached hydrogens (primary N) is 2. The summed E-state index contributed by atoms with van der Waals surface area (Å²) in [5.41, 5.74) is 14.0. The van der Waals surface area contributed by atoms with Crippen molar-refractivity contribution < 1.29 is 5.11 Å². The van der Waals surface area contributed by atoms with Crippen LogP contribution in [0.3, 0.4) is 0 Å². The average Bonchev–Trinajstić information content (AvgIpc) is 2.59. The van der Waals surface area contributed by atoms with E-state index in [4.69, 9.17) is 16.6 Å². The van der Waals surface area contributed by atoms with Gasteiger partial charge in [-0.1, -0.05) is 0 Å². The Morgan fingerprint density at radius 1 is 1.06 bits per heavy atom. The molecule has 5 heteroatoms. The van der Waals surface area contributed by atoms with Crippen LogP contribution in [0.5, 0.6) is 0 Å². The summed E-state index contributed by atoms with van der Waals surface area (Å²) in [6, 6.07) is 5.82. The average molecular weight is 250 g/mol. The summed E-state index contributed by atoms with van der Waals surface area (Å²) in [5.74, 6) is 0. The van der Waals surface area contributed by atoms with Gasteiger partial charge in [-0.2, -0.15) is 0 Å². The second-order valence-corrected chi connectivity index (χ2v) is 4.72. The van der Waals surface area contributed by atoms with E-state index in [0.717, 1.165) is 44.8 Å². The Morgan fingerprint density at radius 3 is 2.61 bits per heavy atom. The van der Waals surface area contributed by atoms with Crippen LogP contribution in [0, 0.1) is 0 Å². The summed E-state index contributed by atoms with van der Waals surface area (Å²) in [4.78, 5) is 4.62. The van der Waals surface area contributed by atoms with Gasteiger partial charge in [0.15, 0.2) is 0 Å². The van der Waals surface area contributed by atoms with Crippen LogP contribution in [-0.2, 0) is 0 Å². The largest absolute Gasteiger partial charge is 0.397 e. The van der Waals surface area contributed by atoms with Crippen molar-refractivity contribution in [1.82, 2.24) is 4.90 Å². The van der Waals surface area contributed by atoms with Crippen molar-refractivity contribution in [3.63, 3.8) is 0 Å². The molecule has 0 aromatic heterocycles. The third-order valence-corrected chi connectivity index (χ3v) is 3.44. The number of hydrogen-bond donors (Lipinski definition) is 3. The highest BCUT2D eigenvalue weighted by atomic mass is 16.3. The van der Waals surface area contributed by atoms with Gasteiger partial charge in [0.2, 0.25) is 0 Å². The molecule has 1 saturated heterocycles. The zero-order valence-electron chi connectivity index (χ0n) is 10.7. The molecule has 18 heavy (non-hydrogen) atoms. The predicted octanol–water partition coefficient (Wildman–Crippen LogP) is 0.355. The summed E-state index contributed by atoms with van der Waals surface area (Å²) >= 11 is 0. The first-order valence-corrected chi connectivity index (χ1v) is 6.44. The monoisotopic (exact) mass is 250 g/mol. The Bertz CT molecular complexity index is 397. The third kappa shape index (κ3) is 3.05. The van der Waals surface area contributed by atoms with E-state index in [-0.39, 0.29) is 6.61 Å². The van der Waals surface area contributed by atoms with E-state index in [1.165, 1.54) is 0 Å². The Hall–Kier alpha value is -1.46. The fraction of sp³-hybridized carbons (Fsp3) is 0.538. The van der Waals surface area contributed by atoms with Gasteiger partial charge in [-0.15, -0.1) is 0 Å². The highest BCUT2D eigenvalue weighted by molar-refractivity contribution is 5.69. The molecule has 100 valence electrons. The van der Waals surface area contributed by atoms with Crippen LogP contribution in [0.25, 0.3) is 0 Å². The SMILES string of the molecule is Nc1ccc(N2CCCN(CCO)CC2)cc1N. The van der Waals surface area contributed by atoms with Gasteiger partial charge >= 0.3 is 0 Å². The minimum atomic E-state index is 0.231. The molecule has 0 unspecified atom stereocenters. The van der Waals surface area contributed by atoms with E-state index in [2.05, 4.69) is 9.80 Å². The van der Waals surface area contributed by atoms with Crippen LogP contribution in [0.1, 0.15) is 6.42 Å². The van der Waals surface area contributed by atoms with Crippen molar-refractivity contribution in [3.8, 4) is 0 Å². The molecule has 1 aromatic rings. The predicted molar refractivity (Wildman–Crippen MR) is 75.6 cm³/mol. The molecular weight excluding hydrogens is 228 g/mol. The number of nitrogen functional groups attached to an aromatic ring is 2. The first-order valence-electron chi connectivity index (χ1n) is 6.44. The van der Waals surface area contributed by atoms with E-state index >= 15 is 0 Å². The summed E-state index contributed by atoms with van der Waals surface area (Å²) < 4.78 is 0. The quantitative estimate of drug-likeness (QED) is 0.675. The van der Waals surface area contributed by atoms with Crippen LogP contribution in [0.15, 0.2) is 18.2 Å². The van der Waals surface area contributed by atoms with Crippen LogP contribution < -0.4 is 16.4 Å². The van der Waals surface area contributed by atoms with Gasteiger partial charge < -0.3 is 21.5 Å². The molecule has 1 heterocycles. The molecular formula is C13H22N4O. The molecule has 0 spiro atoms. The molecule has 1 aromatic carbocycles. The summed E-state index contributed by atoms with van der Waals surface area (Å²) in [6.07, 6.45) is 1.10. The minimum Gasteiger partial charge on any atom is -0.397 e. The lowest BCUT2D eigenvalue weighted by molar-refractivity contribution is 0.204. The van der Waals surface area contributed by atoms with Crippen LogP contribution >= 0.6 is 0 Å². The second-order valence-electron chi connectivity index (χ2n) is 4.72. The molecule has 0 aliphatic carbocycles. The molecule has 0 bridgehead atoms. The maximum absolute atomic E-state index is 8.97. The van der Waals surface area contributed by atoms with Crippen molar-refractivity contribution >= 4 is 17.1 Å². The van der Waals surface area contributed by atoms with E-state index in [0.29, 0.717) is 11.4 Å². The molecule has 5 N–H and O–H groups in total. The molecule has 0 atom stereocenters. The zero-order chi connectivity index (χ0) is 13.0. The number of hydrogen-bond acceptors (Lipinski definition) is 5. The lowest BCUT2D eigenvalue weighted by atomic mass is 10.2. The first-order chi connectivity index (χ1) is 8.70. The maximum atomic E-state index is 8.97. The van der Waals surface area contributed by atoms with Crippen LogP contribution in [-0.4, -0.2) is 49.3 Å². The van der Waals surface area contributed by atoms with Gasteiger partial charge in [-0.3, -0.25) is 4.90 Å². The van der Waals surface area contributed by atoms with Crippen molar-refractivity contribution in [3.05, 3.63) is 18.2 Å². The number of β-amino-alcohol motifs (C(OH)–C–C–N with tert-alkyl or cyclic N) is 1. The number of benzene rings is 1. The smallest absolute Gasteiger partial charge is 0.0568 e. The fourth-order valence-corrected chi connectivity index (χ4v) is 2.35. The molecule has 2 rings (SSSR count). The number of aliphatic hydroxyl groups is 1. The maximum Gasteiger partial charge on any atom is 0.0568 e. The van der Waals surface area contributed by atoms with E-state index in [1.807, 2.05) is 18.2 Å². The van der Waals surface area contributed by atoms with Crippen LogP contribution in [0.4, 0.5) is 17.1 Å². The Labute approximate surface area is 108 Å². The Kier molecular flexibility index (Phi) is 4.28. The summed E-state index contributed by atoms with van der Waals surface area (Å²) in [5, 5.41) is 8.97. The Balaban J connectivity index is 2.02. The zero-order valence-corrected chi connectivity index (χ0v) is 10.7. The van der Waals surface area contributed by atoms with Gasteiger partial charge in [0.05, 0.1) is 18.0 Å². The van der Waals surface area contributed by atoms with Crippen molar-refractivity contribution in [1.29, 1.82) is 0 Å². The number of nitrogens with zero attached hydrogens (tertiary/aromatic N) is 2. The van der Waals surface area contributed by atoms with Gasteiger partial charge in [0.1, 0.15) is 0 Å². The lowest BCUT2D eigenvalue weighted by Crippen LogP contribution is -2.32. The fourth-order valence-electron chi connectivity index (χ4n) is 2.35. The molecule has 0 amide bonds. The van der Waals surface area contributed by atoms with Gasteiger partial charge in [0, 0.05) is 31.9 Å². The van der Waals surface area contributed by atoms with Crippen molar-refractivity contribution in [2.75, 3.05) is 55.7 Å². The van der Waals surface area contributed by atoms with Crippen molar-refractivity contribution in [2.45, 2.75) is 6.42 Å². The van der Waals surface area contributed by atoms with E-state index < -0.39 is 0 Å². The van der Waals surface area contributed by atoms with Crippen molar-refractivity contribution in [2.24, 2.45) is 0 Å². The van der Waals surface area contributed by atoms with Gasteiger partial charge in [0.25, 0.3) is 0 Å². The third-order valence-electron chi connectivity index (χ3n) is 3.44. The first kappa shape index (κ1) is 13.0. The second kappa shape index (κ2) is 5.93. The number of anilines is 3. The number of rotatable bonds is 3. The summed E-state index contributed by atoms with van der Waals surface area (Å²) in [7, 11) is 0. The highest BCUT2D eigenvalue weighted by Crippen LogP contribution is 2.23. The molecule has 0 saturated carbocycles. The minimum absolute atomic E-state index is 0.231. The van der Waals surface area contributed by atoms with E-state index in [9.17, 15) is 0 Å². The van der Waals surface area contributed by atoms with Gasteiger partial charge in [-0.05, 0) is 31.2 Å². The lowest BCUT2D eigenvalue weighted by Gasteiger charge is -2.24. The molecule has 0 radical (unpaired) electrons. The van der Waals surface area contributed by atoms with Crippen LogP contribution in [0.2, 0.25) is 0 Å². The topological polar surface area (TPSA) is 78.8 Å². The number of aliphatic hydroxyl groups excluding tert-OH is 1.